The lowest BCUT2D eigenvalue weighted by Crippen LogP contribution is -2.43. The molecule has 1 atom stereocenters. The number of nitrogens with zero attached hydrogens (tertiary/aromatic N) is 3. The van der Waals surface area contributed by atoms with E-state index < -0.39 is 0 Å². The van der Waals surface area contributed by atoms with Gasteiger partial charge in [0.15, 0.2) is 0 Å². The van der Waals surface area contributed by atoms with Crippen molar-refractivity contribution in [2.45, 2.75) is 51.1 Å². The van der Waals surface area contributed by atoms with Gasteiger partial charge in [0.1, 0.15) is 18.2 Å². The standard InChI is InChI=1S/C27H34N4O2/c1-22(21-33-25-12-6-3-7-13-25)30-19-16-24(17-20-30)31-26(15-18-28-31)29-27(32)14-8-11-23-9-4-2-5-10-23/h2-7,9-10,12-13,15,18,22,24H,8,11,14,16-17,19-21H2,1H3,(H,29,32)/t22-/m0/s1. The summed E-state index contributed by atoms with van der Waals surface area (Å²) in [6.45, 7) is 4.89. The average Bonchev–Trinajstić information content (AvgIpc) is 3.32. The SMILES string of the molecule is C[C@@H](COc1ccccc1)N1CCC(n2nccc2NC(=O)CCCc2ccccc2)CC1. The topological polar surface area (TPSA) is 59.4 Å². The van der Waals surface area contributed by atoms with Crippen LogP contribution in [-0.4, -0.2) is 46.3 Å². The predicted molar refractivity (Wildman–Crippen MR) is 131 cm³/mol. The second-order valence-electron chi connectivity index (χ2n) is 8.79. The second-order valence-corrected chi connectivity index (χ2v) is 8.79. The molecule has 2 heterocycles. The summed E-state index contributed by atoms with van der Waals surface area (Å²) in [6, 6.07) is 22.8. The number of rotatable bonds is 10. The van der Waals surface area contributed by atoms with E-state index in [4.69, 9.17) is 4.74 Å². The van der Waals surface area contributed by atoms with Crippen LogP contribution >= 0.6 is 0 Å². The van der Waals surface area contributed by atoms with Gasteiger partial charge in [-0.3, -0.25) is 9.69 Å². The molecular weight excluding hydrogens is 412 g/mol. The molecule has 1 aromatic heterocycles. The van der Waals surface area contributed by atoms with Gasteiger partial charge >= 0.3 is 0 Å². The monoisotopic (exact) mass is 446 g/mol. The summed E-state index contributed by atoms with van der Waals surface area (Å²) in [4.78, 5) is 15.0. The minimum Gasteiger partial charge on any atom is -0.492 e. The highest BCUT2D eigenvalue weighted by atomic mass is 16.5. The number of amides is 1. The predicted octanol–water partition coefficient (Wildman–Crippen LogP) is 4.95. The molecule has 0 aliphatic carbocycles. The quantitative estimate of drug-likeness (QED) is 0.479. The van der Waals surface area contributed by atoms with E-state index in [2.05, 4.69) is 34.4 Å². The van der Waals surface area contributed by atoms with Crippen LogP contribution in [0.5, 0.6) is 5.75 Å². The second kappa shape index (κ2) is 11.7. The smallest absolute Gasteiger partial charge is 0.225 e. The number of likely N-dealkylation sites (tertiary alicyclic amines) is 1. The van der Waals surface area contributed by atoms with Gasteiger partial charge in [0.25, 0.3) is 0 Å². The summed E-state index contributed by atoms with van der Waals surface area (Å²) in [5.41, 5.74) is 1.27. The molecule has 3 aromatic rings. The van der Waals surface area contributed by atoms with Gasteiger partial charge < -0.3 is 10.1 Å². The van der Waals surface area contributed by atoms with Crippen LogP contribution in [0.3, 0.4) is 0 Å². The van der Waals surface area contributed by atoms with Crippen LogP contribution in [0.25, 0.3) is 0 Å². The highest BCUT2D eigenvalue weighted by Crippen LogP contribution is 2.26. The zero-order chi connectivity index (χ0) is 22.9. The van der Waals surface area contributed by atoms with Gasteiger partial charge in [-0.1, -0.05) is 48.5 Å². The molecule has 0 spiro atoms. The van der Waals surface area contributed by atoms with E-state index >= 15 is 0 Å². The highest BCUT2D eigenvalue weighted by molar-refractivity contribution is 5.89. The molecule has 0 radical (unpaired) electrons. The van der Waals surface area contributed by atoms with E-state index in [1.165, 1.54) is 5.56 Å². The van der Waals surface area contributed by atoms with Gasteiger partial charge in [-0.2, -0.15) is 5.10 Å². The van der Waals surface area contributed by atoms with Crippen LogP contribution < -0.4 is 10.1 Å². The molecular formula is C27H34N4O2. The van der Waals surface area contributed by atoms with E-state index in [1.54, 1.807) is 6.20 Å². The maximum Gasteiger partial charge on any atom is 0.225 e. The summed E-state index contributed by atoms with van der Waals surface area (Å²) >= 11 is 0. The number of piperidine rings is 1. The molecule has 1 aliphatic heterocycles. The summed E-state index contributed by atoms with van der Waals surface area (Å²) in [5.74, 6) is 1.77. The third-order valence-corrected chi connectivity index (χ3v) is 6.35. The maximum absolute atomic E-state index is 12.5. The molecule has 1 N–H and O–H groups in total. The van der Waals surface area contributed by atoms with Crippen molar-refractivity contribution in [1.82, 2.24) is 14.7 Å². The third kappa shape index (κ3) is 6.68. The number of nitrogens with one attached hydrogen (secondary N) is 1. The molecule has 1 aliphatic rings. The largest absolute Gasteiger partial charge is 0.492 e. The molecule has 1 fully saturated rings. The van der Waals surface area contributed by atoms with E-state index in [0.717, 1.165) is 50.3 Å². The van der Waals surface area contributed by atoms with Crippen LogP contribution in [0.15, 0.2) is 72.9 Å². The zero-order valence-electron chi connectivity index (χ0n) is 19.4. The Balaban J connectivity index is 1.21. The Morgan fingerprint density at radius 2 is 1.76 bits per heavy atom. The van der Waals surface area contributed by atoms with Gasteiger partial charge in [-0.15, -0.1) is 0 Å². The Morgan fingerprint density at radius 1 is 1.06 bits per heavy atom. The van der Waals surface area contributed by atoms with Crippen LogP contribution in [-0.2, 0) is 11.2 Å². The first kappa shape index (κ1) is 23.1. The van der Waals surface area contributed by atoms with Crippen LogP contribution in [0.4, 0.5) is 5.82 Å². The molecule has 33 heavy (non-hydrogen) atoms. The van der Waals surface area contributed by atoms with Crippen molar-refractivity contribution < 1.29 is 9.53 Å². The van der Waals surface area contributed by atoms with Crippen molar-refractivity contribution in [1.29, 1.82) is 0 Å². The Bertz CT molecular complexity index is 982. The van der Waals surface area contributed by atoms with Crippen molar-refractivity contribution in [3.8, 4) is 5.75 Å². The summed E-state index contributed by atoms with van der Waals surface area (Å²) in [5, 5.41) is 7.60. The number of benzene rings is 2. The summed E-state index contributed by atoms with van der Waals surface area (Å²) in [7, 11) is 0. The number of aryl methyl sites for hydroxylation is 1. The molecule has 1 amide bonds. The first-order valence-electron chi connectivity index (χ1n) is 12.0. The fourth-order valence-corrected chi connectivity index (χ4v) is 4.42. The first-order valence-corrected chi connectivity index (χ1v) is 12.0. The fourth-order valence-electron chi connectivity index (χ4n) is 4.42. The average molecular weight is 447 g/mol. The minimum atomic E-state index is 0.0526. The van der Waals surface area contributed by atoms with Gasteiger partial charge in [0, 0.05) is 31.6 Å². The number of ether oxygens (including phenoxy) is 1. The van der Waals surface area contributed by atoms with Crippen molar-refractivity contribution in [3.63, 3.8) is 0 Å². The number of hydrogen-bond donors (Lipinski definition) is 1. The number of anilines is 1. The highest BCUT2D eigenvalue weighted by Gasteiger charge is 2.26. The Hall–Kier alpha value is -3.12. The van der Waals surface area contributed by atoms with Gasteiger partial charge in [-0.05, 0) is 50.3 Å². The Morgan fingerprint density at radius 3 is 2.48 bits per heavy atom. The van der Waals surface area contributed by atoms with Gasteiger partial charge in [-0.25, -0.2) is 4.68 Å². The normalized spacial score (nSPS) is 15.8. The number of hydrogen-bond acceptors (Lipinski definition) is 4. The molecule has 0 unspecified atom stereocenters. The van der Waals surface area contributed by atoms with Crippen molar-refractivity contribution in [2.75, 3.05) is 25.0 Å². The minimum absolute atomic E-state index is 0.0526. The van der Waals surface area contributed by atoms with Crippen molar-refractivity contribution in [2.24, 2.45) is 0 Å². The van der Waals surface area contributed by atoms with E-state index in [1.807, 2.05) is 59.3 Å². The molecule has 2 aromatic carbocycles. The lowest BCUT2D eigenvalue weighted by Gasteiger charge is -2.36. The van der Waals surface area contributed by atoms with E-state index in [9.17, 15) is 4.79 Å². The van der Waals surface area contributed by atoms with E-state index in [0.29, 0.717) is 25.1 Å². The number of carbonyl (C=O) groups excluding carboxylic acids is 1. The Labute approximate surface area is 196 Å². The van der Waals surface area contributed by atoms with Crippen LogP contribution in [0.1, 0.15) is 44.2 Å². The molecule has 1 saturated heterocycles. The number of aromatic nitrogens is 2. The number of para-hydroxylation sites is 1. The van der Waals surface area contributed by atoms with Crippen molar-refractivity contribution >= 4 is 11.7 Å². The summed E-state index contributed by atoms with van der Waals surface area (Å²) in [6.07, 6.45) is 6.06. The van der Waals surface area contributed by atoms with Crippen molar-refractivity contribution in [3.05, 3.63) is 78.5 Å². The van der Waals surface area contributed by atoms with Gasteiger partial charge in [0.05, 0.1) is 12.2 Å². The fraction of sp³-hybridized carbons (Fsp3) is 0.407. The van der Waals surface area contributed by atoms with Crippen LogP contribution in [0, 0.1) is 0 Å². The third-order valence-electron chi connectivity index (χ3n) is 6.35. The Kier molecular flexibility index (Phi) is 8.14. The first-order chi connectivity index (χ1) is 16.2. The molecule has 0 bridgehead atoms. The van der Waals surface area contributed by atoms with E-state index in [-0.39, 0.29) is 5.91 Å². The zero-order valence-corrected chi connectivity index (χ0v) is 19.4. The van der Waals surface area contributed by atoms with Crippen LogP contribution in [0.2, 0.25) is 0 Å². The van der Waals surface area contributed by atoms with Gasteiger partial charge in [0.2, 0.25) is 5.91 Å². The lowest BCUT2D eigenvalue weighted by atomic mass is 10.0. The maximum atomic E-state index is 12.5. The molecule has 6 heteroatoms. The molecule has 6 nitrogen and oxygen atoms in total. The molecule has 174 valence electrons. The summed E-state index contributed by atoms with van der Waals surface area (Å²) < 4.78 is 7.93. The number of carbonyl (C=O) groups is 1. The molecule has 4 rings (SSSR count). The lowest BCUT2D eigenvalue weighted by molar-refractivity contribution is -0.116. The molecule has 0 saturated carbocycles.